The molecule has 1 heterocycles. The van der Waals surface area contributed by atoms with E-state index in [0.717, 1.165) is 31.6 Å². The lowest BCUT2D eigenvalue weighted by atomic mass is 10.3. The molecule has 0 unspecified atom stereocenters. The van der Waals surface area contributed by atoms with E-state index >= 15 is 0 Å². The Morgan fingerprint density at radius 1 is 1.21 bits per heavy atom. The molecule has 3 heteroatoms. The van der Waals surface area contributed by atoms with Crippen molar-refractivity contribution >= 4 is 17.3 Å². The Balaban J connectivity index is 2.71. The molecule has 0 aliphatic heterocycles. The van der Waals surface area contributed by atoms with Crippen molar-refractivity contribution in [3.63, 3.8) is 0 Å². The molecule has 0 spiro atoms. The summed E-state index contributed by atoms with van der Waals surface area (Å²) in [6.45, 7) is 6.53. The van der Waals surface area contributed by atoms with E-state index in [1.165, 1.54) is 0 Å². The van der Waals surface area contributed by atoms with Crippen molar-refractivity contribution in [2.45, 2.75) is 26.7 Å². The number of nitrogens with zero attached hydrogens (tertiary/aromatic N) is 2. The largest absolute Gasteiger partial charge is 0.370 e. The third-order valence-electron chi connectivity index (χ3n) is 2.06. The lowest BCUT2D eigenvalue weighted by Crippen LogP contribution is -2.24. The van der Waals surface area contributed by atoms with E-state index in [1.807, 2.05) is 18.3 Å². The zero-order chi connectivity index (χ0) is 10.4. The molecular weight excluding hydrogens is 196 g/mol. The van der Waals surface area contributed by atoms with Crippen LogP contribution in [0.15, 0.2) is 18.3 Å². The van der Waals surface area contributed by atoms with Gasteiger partial charge in [-0.05, 0) is 25.0 Å². The average molecular weight is 213 g/mol. The van der Waals surface area contributed by atoms with E-state index in [1.54, 1.807) is 0 Å². The fraction of sp³-hybridized carbons (Fsp3) is 0.545. The van der Waals surface area contributed by atoms with Gasteiger partial charge < -0.3 is 4.90 Å². The highest BCUT2D eigenvalue weighted by Crippen LogP contribution is 2.15. The number of pyridine rings is 1. The molecule has 0 aromatic carbocycles. The predicted molar refractivity (Wildman–Crippen MR) is 62.0 cm³/mol. The molecule has 0 saturated heterocycles. The number of hydrogen-bond acceptors (Lipinski definition) is 2. The molecule has 1 aromatic heterocycles. The number of hydrogen-bond donors (Lipinski definition) is 0. The molecule has 0 amide bonds. The smallest absolute Gasteiger partial charge is 0.129 e. The molecule has 0 atom stereocenters. The fourth-order valence-corrected chi connectivity index (χ4v) is 1.58. The van der Waals surface area contributed by atoms with Crippen molar-refractivity contribution in [2.24, 2.45) is 0 Å². The van der Waals surface area contributed by atoms with E-state index < -0.39 is 0 Å². The van der Waals surface area contributed by atoms with Crippen molar-refractivity contribution in [3.05, 3.63) is 23.5 Å². The first-order chi connectivity index (χ1) is 6.77. The quantitative estimate of drug-likeness (QED) is 0.696. The van der Waals surface area contributed by atoms with Gasteiger partial charge in [0, 0.05) is 13.1 Å². The SMILES string of the molecule is CCCN(CCC)c1ccc(Cl)nc1. The van der Waals surface area contributed by atoms with Gasteiger partial charge in [0.1, 0.15) is 5.15 Å². The Morgan fingerprint density at radius 2 is 1.86 bits per heavy atom. The Bertz CT molecular complexity index is 252. The topological polar surface area (TPSA) is 16.1 Å². The maximum absolute atomic E-state index is 5.74. The maximum atomic E-state index is 5.74. The lowest BCUT2D eigenvalue weighted by Gasteiger charge is -2.23. The first-order valence-electron chi connectivity index (χ1n) is 5.14. The molecule has 0 N–H and O–H groups in total. The summed E-state index contributed by atoms with van der Waals surface area (Å²) in [6.07, 6.45) is 4.15. The van der Waals surface area contributed by atoms with Crippen molar-refractivity contribution in [1.82, 2.24) is 4.98 Å². The van der Waals surface area contributed by atoms with Crippen LogP contribution in [0.4, 0.5) is 5.69 Å². The number of aromatic nitrogens is 1. The van der Waals surface area contributed by atoms with Crippen molar-refractivity contribution in [2.75, 3.05) is 18.0 Å². The summed E-state index contributed by atoms with van der Waals surface area (Å²) in [5.41, 5.74) is 1.16. The van der Waals surface area contributed by atoms with Gasteiger partial charge in [-0.3, -0.25) is 0 Å². The van der Waals surface area contributed by atoms with Gasteiger partial charge >= 0.3 is 0 Å². The Hall–Kier alpha value is -0.760. The van der Waals surface area contributed by atoms with Gasteiger partial charge in [0.2, 0.25) is 0 Å². The molecule has 1 aromatic rings. The molecule has 2 nitrogen and oxygen atoms in total. The monoisotopic (exact) mass is 212 g/mol. The molecule has 1 rings (SSSR count). The van der Waals surface area contributed by atoms with Gasteiger partial charge in [-0.2, -0.15) is 0 Å². The molecule has 14 heavy (non-hydrogen) atoms. The minimum Gasteiger partial charge on any atom is -0.370 e. The predicted octanol–water partition coefficient (Wildman–Crippen LogP) is 3.36. The van der Waals surface area contributed by atoms with E-state index in [0.29, 0.717) is 5.15 Å². The molecule has 0 saturated carbocycles. The summed E-state index contributed by atoms with van der Waals surface area (Å²) in [5, 5.41) is 0.557. The molecule has 0 aliphatic rings. The second-order valence-corrected chi connectivity index (χ2v) is 3.71. The van der Waals surface area contributed by atoms with Crippen LogP contribution in [0.2, 0.25) is 5.15 Å². The van der Waals surface area contributed by atoms with Gasteiger partial charge in [0.15, 0.2) is 0 Å². The third-order valence-corrected chi connectivity index (χ3v) is 2.29. The minimum absolute atomic E-state index is 0.557. The van der Waals surface area contributed by atoms with Crippen LogP contribution in [-0.2, 0) is 0 Å². The summed E-state index contributed by atoms with van der Waals surface area (Å²) in [5.74, 6) is 0. The molecule has 0 aliphatic carbocycles. The summed E-state index contributed by atoms with van der Waals surface area (Å²) in [6, 6.07) is 3.87. The van der Waals surface area contributed by atoms with Gasteiger partial charge in [-0.1, -0.05) is 25.4 Å². The molecule has 0 radical (unpaired) electrons. The number of halogens is 1. The minimum atomic E-state index is 0.557. The van der Waals surface area contributed by atoms with Crippen LogP contribution in [0, 0.1) is 0 Å². The van der Waals surface area contributed by atoms with Gasteiger partial charge in [0.25, 0.3) is 0 Å². The lowest BCUT2D eigenvalue weighted by molar-refractivity contribution is 0.743. The second-order valence-electron chi connectivity index (χ2n) is 3.33. The first kappa shape index (κ1) is 11.3. The second kappa shape index (κ2) is 5.86. The van der Waals surface area contributed by atoms with E-state index in [-0.39, 0.29) is 0 Å². The maximum Gasteiger partial charge on any atom is 0.129 e. The standard InChI is InChI=1S/C11H17ClN2/c1-3-7-14(8-4-2)10-5-6-11(12)13-9-10/h5-6,9H,3-4,7-8H2,1-2H3. The highest BCUT2D eigenvalue weighted by atomic mass is 35.5. The van der Waals surface area contributed by atoms with Crippen LogP contribution in [-0.4, -0.2) is 18.1 Å². The van der Waals surface area contributed by atoms with Crippen molar-refractivity contribution < 1.29 is 0 Å². The van der Waals surface area contributed by atoms with E-state index in [9.17, 15) is 0 Å². The highest BCUT2D eigenvalue weighted by molar-refractivity contribution is 6.29. The molecule has 78 valence electrons. The Kier molecular flexibility index (Phi) is 4.74. The molecular formula is C11H17ClN2. The van der Waals surface area contributed by atoms with Crippen LogP contribution in [0.25, 0.3) is 0 Å². The van der Waals surface area contributed by atoms with Crippen LogP contribution in [0.3, 0.4) is 0 Å². The Labute approximate surface area is 90.9 Å². The van der Waals surface area contributed by atoms with Gasteiger partial charge in [-0.15, -0.1) is 0 Å². The summed E-state index contributed by atoms with van der Waals surface area (Å²) < 4.78 is 0. The number of anilines is 1. The van der Waals surface area contributed by atoms with E-state index in [4.69, 9.17) is 11.6 Å². The Morgan fingerprint density at radius 3 is 2.29 bits per heavy atom. The first-order valence-corrected chi connectivity index (χ1v) is 5.52. The van der Waals surface area contributed by atoms with Crippen LogP contribution < -0.4 is 4.90 Å². The van der Waals surface area contributed by atoms with Crippen LogP contribution in [0.1, 0.15) is 26.7 Å². The zero-order valence-electron chi connectivity index (χ0n) is 8.83. The van der Waals surface area contributed by atoms with E-state index in [2.05, 4.69) is 23.7 Å². The van der Waals surface area contributed by atoms with Gasteiger partial charge in [-0.25, -0.2) is 4.98 Å². The normalized spacial score (nSPS) is 10.2. The van der Waals surface area contributed by atoms with Crippen LogP contribution in [0.5, 0.6) is 0 Å². The highest BCUT2D eigenvalue weighted by Gasteiger charge is 2.03. The third kappa shape index (κ3) is 3.18. The van der Waals surface area contributed by atoms with Crippen LogP contribution >= 0.6 is 11.6 Å². The molecule has 0 fully saturated rings. The fourth-order valence-electron chi connectivity index (χ4n) is 1.46. The van der Waals surface area contributed by atoms with Crippen molar-refractivity contribution in [1.29, 1.82) is 0 Å². The zero-order valence-corrected chi connectivity index (χ0v) is 9.59. The van der Waals surface area contributed by atoms with Gasteiger partial charge in [0.05, 0.1) is 11.9 Å². The van der Waals surface area contributed by atoms with Crippen molar-refractivity contribution in [3.8, 4) is 0 Å². The molecule has 0 bridgehead atoms. The number of rotatable bonds is 5. The summed E-state index contributed by atoms with van der Waals surface area (Å²) >= 11 is 5.74. The summed E-state index contributed by atoms with van der Waals surface area (Å²) in [4.78, 5) is 6.42. The summed E-state index contributed by atoms with van der Waals surface area (Å²) in [7, 11) is 0. The average Bonchev–Trinajstić information content (AvgIpc) is 2.19.